The molecule has 0 aliphatic carbocycles. The summed E-state index contributed by atoms with van der Waals surface area (Å²) in [4.78, 5) is 8.59. The van der Waals surface area contributed by atoms with Gasteiger partial charge in [0.05, 0.1) is 24.2 Å². The van der Waals surface area contributed by atoms with Crippen molar-refractivity contribution in [2.75, 3.05) is 26.4 Å². The van der Waals surface area contributed by atoms with Gasteiger partial charge in [-0.2, -0.15) is 0 Å². The monoisotopic (exact) mass is 360 g/mol. The van der Waals surface area contributed by atoms with Gasteiger partial charge < -0.3 is 14.2 Å². The second-order valence-corrected chi connectivity index (χ2v) is 6.03. The normalized spacial score (nSPS) is 11.0. The Bertz CT molecular complexity index is 953. The molecular formula is C22H20N2O3. The molecule has 0 aliphatic heterocycles. The van der Waals surface area contributed by atoms with Gasteiger partial charge in [0, 0.05) is 23.2 Å². The third-order valence-corrected chi connectivity index (χ3v) is 4.14. The highest BCUT2D eigenvalue weighted by Gasteiger charge is 2.00. The molecule has 0 saturated carbocycles. The van der Waals surface area contributed by atoms with E-state index in [1.807, 2.05) is 60.7 Å². The number of nitrogens with zero attached hydrogens (tertiary/aromatic N) is 2. The van der Waals surface area contributed by atoms with Crippen LogP contribution in [0, 0.1) is 0 Å². The number of rotatable bonds is 8. The SMILES string of the molecule is c1cnc2ccc(OCCOCCOc3ccc4ncccc4c3)cc2c1. The Kier molecular flexibility index (Phi) is 5.41. The third kappa shape index (κ3) is 4.51. The largest absolute Gasteiger partial charge is 0.491 e. The van der Waals surface area contributed by atoms with Gasteiger partial charge in [-0.3, -0.25) is 9.97 Å². The second-order valence-electron chi connectivity index (χ2n) is 6.03. The van der Waals surface area contributed by atoms with Gasteiger partial charge >= 0.3 is 0 Å². The highest BCUT2D eigenvalue weighted by atomic mass is 16.5. The van der Waals surface area contributed by atoms with Crippen molar-refractivity contribution >= 4 is 21.8 Å². The van der Waals surface area contributed by atoms with Crippen molar-refractivity contribution in [2.24, 2.45) is 0 Å². The van der Waals surface area contributed by atoms with Gasteiger partial charge in [0.1, 0.15) is 24.7 Å². The maximum atomic E-state index is 5.73. The van der Waals surface area contributed by atoms with E-state index in [9.17, 15) is 0 Å². The van der Waals surface area contributed by atoms with Crippen LogP contribution < -0.4 is 9.47 Å². The van der Waals surface area contributed by atoms with Crippen molar-refractivity contribution in [2.45, 2.75) is 0 Å². The first-order valence-electron chi connectivity index (χ1n) is 8.91. The molecule has 0 aliphatic rings. The molecule has 0 unspecified atom stereocenters. The molecule has 2 aromatic carbocycles. The Morgan fingerprint density at radius 1 is 0.593 bits per heavy atom. The standard InChI is InChI=1S/C22H20N2O3/c1-3-17-15-19(5-7-21(17)23-9-1)26-13-11-25-12-14-27-20-6-8-22-18(16-20)4-2-10-24-22/h1-10,15-16H,11-14H2. The van der Waals surface area contributed by atoms with Crippen LogP contribution in [-0.4, -0.2) is 36.4 Å². The quantitative estimate of drug-likeness (QED) is 0.440. The summed E-state index contributed by atoms with van der Waals surface area (Å²) in [5, 5.41) is 2.13. The Balaban J connectivity index is 1.16. The van der Waals surface area contributed by atoms with E-state index in [1.54, 1.807) is 12.4 Å². The fraction of sp³-hybridized carbons (Fsp3) is 0.182. The predicted molar refractivity (Wildman–Crippen MR) is 105 cm³/mol. The van der Waals surface area contributed by atoms with Crippen molar-refractivity contribution < 1.29 is 14.2 Å². The number of pyridine rings is 2. The summed E-state index contributed by atoms with van der Waals surface area (Å²) < 4.78 is 17.0. The molecule has 2 aromatic heterocycles. The summed E-state index contributed by atoms with van der Waals surface area (Å²) in [7, 11) is 0. The molecule has 0 saturated heterocycles. The molecule has 27 heavy (non-hydrogen) atoms. The predicted octanol–water partition coefficient (Wildman–Crippen LogP) is 4.26. The van der Waals surface area contributed by atoms with Gasteiger partial charge in [-0.05, 0) is 48.5 Å². The van der Waals surface area contributed by atoms with E-state index in [0.29, 0.717) is 26.4 Å². The van der Waals surface area contributed by atoms with E-state index in [-0.39, 0.29) is 0 Å². The minimum atomic E-state index is 0.493. The summed E-state index contributed by atoms with van der Waals surface area (Å²) in [6.45, 7) is 2.01. The lowest BCUT2D eigenvalue weighted by Gasteiger charge is -2.09. The molecule has 0 atom stereocenters. The van der Waals surface area contributed by atoms with Crippen molar-refractivity contribution in [3.05, 3.63) is 73.1 Å². The van der Waals surface area contributed by atoms with Crippen LogP contribution >= 0.6 is 0 Å². The average molecular weight is 360 g/mol. The molecule has 5 nitrogen and oxygen atoms in total. The van der Waals surface area contributed by atoms with E-state index in [4.69, 9.17) is 14.2 Å². The first-order chi connectivity index (χ1) is 13.4. The number of fused-ring (bicyclic) bond motifs is 2. The van der Waals surface area contributed by atoms with E-state index in [2.05, 4.69) is 9.97 Å². The molecule has 2 heterocycles. The topological polar surface area (TPSA) is 53.5 Å². The smallest absolute Gasteiger partial charge is 0.120 e. The fourth-order valence-electron chi connectivity index (χ4n) is 2.83. The highest BCUT2D eigenvalue weighted by molar-refractivity contribution is 5.80. The molecule has 0 N–H and O–H groups in total. The lowest BCUT2D eigenvalue weighted by atomic mass is 10.2. The van der Waals surface area contributed by atoms with Crippen LogP contribution in [0.3, 0.4) is 0 Å². The zero-order chi connectivity index (χ0) is 18.3. The van der Waals surface area contributed by atoms with E-state index in [1.165, 1.54) is 0 Å². The van der Waals surface area contributed by atoms with E-state index >= 15 is 0 Å². The minimum absolute atomic E-state index is 0.493. The van der Waals surface area contributed by atoms with Crippen molar-refractivity contribution in [1.29, 1.82) is 0 Å². The zero-order valence-electron chi connectivity index (χ0n) is 14.9. The molecule has 5 heteroatoms. The summed E-state index contributed by atoms with van der Waals surface area (Å²) in [5.41, 5.74) is 1.92. The molecule has 0 spiro atoms. The third-order valence-electron chi connectivity index (χ3n) is 4.14. The van der Waals surface area contributed by atoms with Gasteiger partial charge in [-0.25, -0.2) is 0 Å². The van der Waals surface area contributed by atoms with Gasteiger partial charge in [-0.15, -0.1) is 0 Å². The molecular weight excluding hydrogens is 340 g/mol. The first kappa shape index (κ1) is 17.2. The van der Waals surface area contributed by atoms with Crippen LogP contribution in [0.15, 0.2) is 73.1 Å². The van der Waals surface area contributed by atoms with Crippen LogP contribution in [0.2, 0.25) is 0 Å². The second kappa shape index (κ2) is 8.47. The van der Waals surface area contributed by atoms with Crippen molar-refractivity contribution in [3.63, 3.8) is 0 Å². The summed E-state index contributed by atoms with van der Waals surface area (Å²) in [6.07, 6.45) is 3.57. The lowest BCUT2D eigenvalue weighted by molar-refractivity contribution is 0.0765. The van der Waals surface area contributed by atoms with Crippen molar-refractivity contribution in [3.8, 4) is 11.5 Å². The molecule has 4 aromatic rings. The number of hydrogen-bond donors (Lipinski definition) is 0. The van der Waals surface area contributed by atoms with Gasteiger partial charge in [-0.1, -0.05) is 12.1 Å². The van der Waals surface area contributed by atoms with Gasteiger partial charge in [0.2, 0.25) is 0 Å². The molecule has 0 amide bonds. The molecule has 0 fully saturated rings. The Hall–Kier alpha value is -3.18. The lowest BCUT2D eigenvalue weighted by Crippen LogP contribution is -2.12. The Morgan fingerprint density at radius 3 is 1.63 bits per heavy atom. The molecule has 136 valence electrons. The fourth-order valence-corrected chi connectivity index (χ4v) is 2.83. The summed E-state index contributed by atoms with van der Waals surface area (Å²) >= 11 is 0. The Labute approximate surface area is 157 Å². The summed E-state index contributed by atoms with van der Waals surface area (Å²) in [6, 6.07) is 19.6. The van der Waals surface area contributed by atoms with Crippen LogP contribution in [0.5, 0.6) is 11.5 Å². The number of aromatic nitrogens is 2. The van der Waals surface area contributed by atoms with Gasteiger partial charge in [0.15, 0.2) is 0 Å². The van der Waals surface area contributed by atoms with Crippen LogP contribution in [0.25, 0.3) is 21.8 Å². The van der Waals surface area contributed by atoms with Gasteiger partial charge in [0.25, 0.3) is 0 Å². The van der Waals surface area contributed by atoms with Crippen LogP contribution in [-0.2, 0) is 4.74 Å². The van der Waals surface area contributed by atoms with Crippen LogP contribution in [0.4, 0.5) is 0 Å². The minimum Gasteiger partial charge on any atom is -0.491 e. The van der Waals surface area contributed by atoms with E-state index < -0.39 is 0 Å². The average Bonchev–Trinajstić information content (AvgIpc) is 2.73. The highest BCUT2D eigenvalue weighted by Crippen LogP contribution is 2.19. The first-order valence-corrected chi connectivity index (χ1v) is 8.91. The molecule has 0 bridgehead atoms. The molecule has 0 radical (unpaired) electrons. The number of hydrogen-bond acceptors (Lipinski definition) is 5. The number of ether oxygens (including phenoxy) is 3. The summed E-state index contributed by atoms with van der Waals surface area (Å²) in [5.74, 6) is 1.64. The zero-order valence-corrected chi connectivity index (χ0v) is 14.9. The molecule has 4 rings (SSSR count). The maximum Gasteiger partial charge on any atom is 0.120 e. The maximum absolute atomic E-state index is 5.73. The Morgan fingerprint density at radius 2 is 1.11 bits per heavy atom. The van der Waals surface area contributed by atoms with Crippen molar-refractivity contribution in [1.82, 2.24) is 9.97 Å². The van der Waals surface area contributed by atoms with Crippen LogP contribution in [0.1, 0.15) is 0 Å². The van der Waals surface area contributed by atoms with E-state index in [0.717, 1.165) is 33.3 Å². The number of benzene rings is 2.